The SMILES string of the molecule is C=C(NC(CO)c1cccc(Cl)c1)c1cnn(-c2nc(NC3CC3)ncc2C)c1. The Balaban J connectivity index is 1.51. The maximum Gasteiger partial charge on any atom is 0.224 e. The van der Waals surface area contributed by atoms with E-state index in [9.17, 15) is 5.11 Å². The van der Waals surface area contributed by atoms with Gasteiger partial charge in [0.2, 0.25) is 5.95 Å². The van der Waals surface area contributed by atoms with Crippen molar-refractivity contribution in [3.8, 4) is 5.82 Å². The van der Waals surface area contributed by atoms with E-state index in [1.54, 1.807) is 23.1 Å². The van der Waals surface area contributed by atoms with Crippen LogP contribution in [-0.2, 0) is 0 Å². The van der Waals surface area contributed by atoms with Crippen LogP contribution in [0.25, 0.3) is 11.5 Å². The number of aromatic nitrogens is 4. The summed E-state index contributed by atoms with van der Waals surface area (Å²) in [6.45, 7) is 5.96. The van der Waals surface area contributed by atoms with Gasteiger partial charge in [0.1, 0.15) is 0 Å². The number of nitrogens with zero attached hydrogens (tertiary/aromatic N) is 4. The largest absolute Gasteiger partial charge is 0.394 e. The van der Waals surface area contributed by atoms with Crippen LogP contribution in [0.5, 0.6) is 0 Å². The first-order chi connectivity index (χ1) is 14.0. The molecule has 1 unspecified atom stereocenters. The zero-order valence-electron chi connectivity index (χ0n) is 16.1. The van der Waals surface area contributed by atoms with Crippen molar-refractivity contribution in [2.45, 2.75) is 31.8 Å². The number of halogens is 1. The molecule has 1 saturated carbocycles. The molecule has 29 heavy (non-hydrogen) atoms. The van der Waals surface area contributed by atoms with Gasteiger partial charge in [0.05, 0.1) is 18.8 Å². The average molecular weight is 411 g/mol. The normalized spacial score (nSPS) is 14.4. The Hall–Kier alpha value is -2.90. The standard InChI is InChI=1S/C21H23ClN6O/c1-13-9-23-21(26-18-6-7-18)27-20(13)28-11-16(10-24-28)14(2)25-19(12-29)15-4-3-5-17(22)8-15/h3-5,8-11,18-19,25,29H,2,6-7,12H2,1H3,(H,23,26,27). The summed E-state index contributed by atoms with van der Waals surface area (Å²) in [6, 6.07) is 7.55. The van der Waals surface area contributed by atoms with Crippen LogP contribution < -0.4 is 10.6 Å². The molecule has 1 fully saturated rings. The number of hydrogen-bond acceptors (Lipinski definition) is 6. The first kappa shape index (κ1) is 19.4. The number of anilines is 1. The van der Waals surface area contributed by atoms with E-state index >= 15 is 0 Å². The lowest BCUT2D eigenvalue weighted by Crippen LogP contribution is -2.22. The molecule has 8 heteroatoms. The molecule has 1 aromatic carbocycles. The zero-order valence-corrected chi connectivity index (χ0v) is 16.9. The van der Waals surface area contributed by atoms with Crippen molar-refractivity contribution in [3.05, 3.63) is 71.1 Å². The molecule has 0 spiro atoms. The monoisotopic (exact) mass is 410 g/mol. The Bertz CT molecular complexity index is 1030. The number of nitrogens with one attached hydrogen (secondary N) is 2. The minimum absolute atomic E-state index is 0.0886. The maximum atomic E-state index is 9.80. The second-order valence-electron chi connectivity index (χ2n) is 7.21. The van der Waals surface area contributed by atoms with Gasteiger partial charge < -0.3 is 15.7 Å². The van der Waals surface area contributed by atoms with Gasteiger partial charge in [-0.1, -0.05) is 30.3 Å². The molecule has 0 bridgehead atoms. The van der Waals surface area contributed by atoms with Crippen molar-refractivity contribution in [1.29, 1.82) is 0 Å². The molecule has 7 nitrogen and oxygen atoms in total. The maximum absolute atomic E-state index is 9.80. The van der Waals surface area contributed by atoms with Crippen LogP contribution in [0.2, 0.25) is 5.02 Å². The lowest BCUT2D eigenvalue weighted by Gasteiger charge is -2.19. The first-order valence-electron chi connectivity index (χ1n) is 9.51. The Morgan fingerprint density at radius 2 is 2.21 bits per heavy atom. The van der Waals surface area contributed by atoms with Crippen molar-refractivity contribution < 1.29 is 5.11 Å². The fraction of sp³-hybridized carbons (Fsp3) is 0.286. The minimum Gasteiger partial charge on any atom is -0.394 e. The number of benzene rings is 1. The average Bonchev–Trinajstić information content (AvgIpc) is 3.39. The van der Waals surface area contributed by atoms with Gasteiger partial charge in [0.25, 0.3) is 0 Å². The van der Waals surface area contributed by atoms with Crippen molar-refractivity contribution >= 4 is 23.2 Å². The second kappa shape index (κ2) is 8.23. The molecule has 3 N–H and O–H groups in total. The number of hydrogen-bond donors (Lipinski definition) is 3. The summed E-state index contributed by atoms with van der Waals surface area (Å²) in [5, 5.41) is 21.4. The first-order valence-corrected chi connectivity index (χ1v) is 9.88. The smallest absolute Gasteiger partial charge is 0.224 e. The molecule has 0 amide bonds. The summed E-state index contributed by atoms with van der Waals surface area (Å²) >= 11 is 6.07. The lowest BCUT2D eigenvalue weighted by molar-refractivity contribution is 0.256. The van der Waals surface area contributed by atoms with Crippen LogP contribution in [0.15, 0.2) is 49.4 Å². The van der Waals surface area contributed by atoms with Crippen molar-refractivity contribution in [2.24, 2.45) is 0 Å². The minimum atomic E-state index is -0.320. The number of aliphatic hydroxyl groups excluding tert-OH is 1. The van der Waals surface area contributed by atoms with E-state index in [1.807, 2.05) is 31.3 Å². The lowest BCUT2D eigenvalue weighted by atomic mass is 10.1. The van der Waals surface area contributed by atoms with Gasteiger partial charge in [0.15, 0.2) is 5.82 Å². The van der Waals surface area contributed by atoms with E-state index in [4.69, 9.17) is 11.6 Å². The molecular formula is C21H23ClN6O. The van der Waals surface area contributed by atoms with Gasteiger partial charge in [-0.25, -0.2) is 9.67 Å². The molecule has 2 aromatic heterocycles. The van der Waals surface area contributed by atoms with Crippen LogP contribution in [0.1, 0.15) is 35.6 Å². The predicted octanol–water partition coefficient (Wildman–Crippen LogP) is 3.49. The van der Waals surface area contributed by atoms with Crippen LogP contribution in [0.3, 0.4) is 0 Å². The predicted molar refractivity (Wildman–Crippen MR) is 114 cm³/mol. The molecule has 0 aliphatic heterocycles. The Morgan fingerprint density at radius 1 is 1.38 bits per heavy atom. The highest BCUT2D eigenvalue weighted by Crippen LogP contribution is 2.24. The Kier molecular flexibility index (Phi) is 5.51. The third-order valence-corrected chi connectivity index (χ3v) is 5.02. The van der Waals surface area contributed by atoms with Crippen LogP contribution in [0, 0.1) is 6.92 Å². The fourth-order valence-electron chi connectivity index (χ4n) is 2.99. The topological polar surface area (TPSA) is 87.9 Å². The summed E-state index contributed by atoms with van der Waals surface area (Å²) in [4.78, 5) is 8.95. The third kappa shape index (κ3) is 4.58. The second-order valence-corrected chi connectivity index (χ2v) is 7.64. The van der Waals surface area contributed by atoms with Gasteiger partial charge >= 0.3 is 0 Å². The van der Waals surface area contributed by atoms with Crippen LogP contribution in [-0.4, -0.2) is 37.5 Å². The Labute approximate surface area is 174 Å². The molecule has 1 atom stereocenters. The van der Waals surface area contributed by atoms with Gasteiger partial charge in [-0.3, -0.25) is 0 Å². The van der Waals surface area contributed by atoms with Gasteiger partial charge in [-0.15, -0.1) is 0 Å². The third-order valence-electron chi connectivity index (χ3n) is 4.79. The van der Waals surface area contributed by atoms with E-state index in [2.05, 4.69) is 32.3 Å². The van der Waals surface area contributed by atoms with E-state index in [1.165, 1.54) is 0 Å². The van der Waals surface area contributed by atoms with E-state index < -0.39 is 0 Å². The Morgan fingerprint density at radius 3 is 2.93 bits per heavy atom. The fourth-order valence-corrected chi connectivity index (χ4v) is 3.19. The highest BCUT2D eigenvalue weighted by molar-refractivity contribution is 6.30. The molecular weight excluding hydrogens is 388 g/mol. The summed E-state index contributed by atoms with van der Waals surface area (Å²) in [5.74, 6) is 1.33. The molecule has 3 aromatic rings. The summed E-state index contributed by atoms with van der Waals surface area (Å²) < 4.78 is 1.71. The molecule has 1 aliphatic carbocycles. The summed E-state index contributed by atoms with van der Waals surface area (Å²) in [7, 11) is 0. The number of aliphatic hydroxyl groups is 1. The zero-order chi connectivity index (χ0) is 20.4. The summed E-state index contributed by atoms with van der Waals surface area (Å²) in [5.41, 5.74) is 3.27. The van der Waals surface area contributed by atoms with Gasteiger partial charge in [-0.2, -0.15) is 10.1 Å². The van der Waals surface area contributed by atoms with E-state index in [0.717, 1.165) is 35.3 Å². The molecule has 0 saturated heterocycles. The highest BCUT2D eigenvalue weighted by Gasteiger charge is 2.22. The molecule has 2 heterocycles. The van der Waals surface area contributed by atoms with Crippen molar-refractivity contribution in [2.75, 3.05) is 11.9 Å². The van der Waals surface area contributed by atoms with E-state index in [-0.39, 0.29) is 12.6 Å². The van der Waals surface area contributed by atoms with Crippen molar-refractivity contribution in [3.63, 3.8) is 0 Å². The van der Waals surface area contributed by atoms with Crippen LogP contribution >= 0.6 is 11.6 Å². The van der Waals surface area contributed by atoms with Gasteiger partial charge in [0, 0.05) is 40.3 Å². The van der Waals surface area contributed by atoms with Crippen molar-refractivity contribution in [1.82, 2.24) is 25.1 Å². The molecule has 150 valence electrons. The number of rotatable bonds is 8. The molecule has 0 radical (unpaired) electrons. The van der Waals surface area contributed by atoms with E-state index in [0.29, 0.717) is 22.7 Å². The quantitative estimate of drug-likeness (QED) is 0.527. The van der Waals surface area contributed by atoms with Crippen LogP contribution in [0.4, 0.5) is 5.95 Å². The highest BCUT2D eigenvalue weighted by atomic mass is 35.5. The molecule has 4 rings (SSSR count). The summed E-state index contributed by atoms with van der Waals surface area (Å²) in [6.07, 6.45) is 7.68. The van der Waals surface area contributed by atoms with Gasteiger partial charge in [-0.05, 0) is 37.5 Å². The number of aryl methyl sites for hydroxylation is 1. The molecule has 1 aliphatic rings.